The van der Waals surface area contributed by atoms with Crippen LogP contribution in [0, 0.1) is 11.8 Å². The summed E-state index contributed by atoms with van der Waals surface area (Å²) in [5.74, 6) is 1.27. The Morgan fingerprint density at radius 1 is 1.55 bits per heavy atom. The van der Waals surface area contributed by atoms with E-state index in [0.29, 0.717) is 24.8 Å². The molecule has 0 aliphatic carbocycles. The molecule has 0 bridgehead atoms. The molecule has 20 heavy (non-hydrogen) atoms. The highest BCUT2D eigenvalue weighted by molar-refractivity contribution is 5.76. The van der Waals surface area contributed by atoms with Crippen LogP contribution in [0.25, 0.3) is 0 Å². The third-order valence-electron chi connectivity index (χ3n) is 4.52. The molecule has 0 saturated carbocycles. The van der Waals surface area contributed by atoms with Crippen molar-refractivity contribution in [2.24, 2.45) is 11.8 Å². The van der Waals surface area contributed by atoms with Gasteiger partial charge in [0, 0.05) is 26.1 Å². The maximum Gasteiger partial charge on any atom is 0.220 e. The Labute approximate surface area is 122 Å². The van der Waals surface area contributed by atoms with E-state index in [1.54, 1.807) is 0 Å². The molecule has 5 nitrogen and oxygen atoms in total. The topological polar surface area (TPSA) is 53.6 Å². The predicted molar refractivity (Wildman–Crippen MR) is 79.6 cm³/mol. The fourth-order valence-corrected chi connectivity index (χ4v) is 3.11. The highest BCUT2D eigenvalue weighted by Gasteiger charge is 2.23. The molecule has 5 heteroatoms. The number of morpholine rings is 1. The van der Waals surface area contributed by atoms with Crippen molar-refractivity contribution in [3.05, 3.63) is 0 Å². The molecule has 2 rings (SSSR count). The SMILES string of the molecule is CC(CC(=O)NCC1CN(C)CCO1)C1CCCNC1. The second-order valence-electron chi connectivity index (χ2n) is 6.35. The fourth-order valence-electron chi connectivity index (χ4n) is 3.11. The fraction of sp³-hybridized carbons (Fsp3) is 0.933. The molecular formula is C15H29N3O2. The van der Waals surface area contributed by atoms with Crippen LogP contribution in [0.1, 0.15) is 26.2 Å². The van der Waals surface area contributed by atoms with Gasteiger partial charge >= 0.3 is 0 Å². The Morgan fingerprint density at radius 3 is 3.10 bits per heavy atom. The summed E-state index contributed by atoms with van der Waals surface area (Å²) in [7, 11) is 2.09. The molecule has 0 radical (unpaired) electrons. The van der Waals surface area contributed by atoms with Crippen LogP contribution in [0.15, 0.2) is 0 Å². The van der Waals surface area contributed by atoms with Crippen LogP contribution in [-0.4, -0.2) is 63.3 Å². The van der Waals surface area contributed by atoms with E-state index in [1.807, 2.05) is 0 Å². The van der Waals surface area contributed by atoms with E-state index >= 15 is 0 Å². The maximum absolute atomic E-state index is 12.0. The highest BCUT2D eigenvalue weighted by Crippen LogP contribution is 2.22. The predicted octanol–water partition coefficient (Wildman–Crippen LogP) is 0.459. The lowest BCUT2D eigenvalue weighted by atomic mass is 9.85. The largest absolute Gasteiger partial charge is 0.374 e. The molecular weight excluding hydrogens is 254 g/mol. The van der Waals surface area contributed by atoms with Crippen LogP contribution in [0.5, 0.6) is 0 Å². The van der Waals surface area contributed by atoms with Crippen molar-refractivity contribution in [2.45, 2.75) is 32.3 Å². The van der Waals surface area contributed by atoms with E-state index in [-0.39, 0.29) is 12.0 Å². The Bertz CT molecular complexity index is 305. The van der Waals surface area contributed by atoms with Gasteiger partial charge in [-0.1, -0.05) is 6.92 Å². The highest BCUT2D eigenvalue weighted by atomic mass is 16.5. The minimum Gasteiger partial charge on any atom is -0.374 e. The van der Waals surface area contributed by atoms with Crippen LogP contribution in [0.2, 0.25) is 0 Å². The van der Waals surface area contributed by atoms with Gasteiger partial charge in [-0.25, -0.2) is 0 Å². The Morgan fingerprint density at radius 2 is 2.40 bits per heavy atom. The number of hydrogen-bond donors (Lipinski definition) is 2. The lowest BCUT2D eigenvalue weighted by Gasteiger charge is -2.30. The number of nitrogens with zero attached hydrogens (tertiary/aromatic N) is 1. The molecule has 2 fully saturated rings. The molecule has 0 aromatic rings. The molecule has 0 aromatic carbocycles. The Balaban J connectivity index is 1.64. The summed E-state index contributed by atoms with van der Waals surface area (Å²) in [5.41, 5.74) is 0. The van der Waals surface area contributed by atoms with Gasteiger partial charge in [0.25, 0.3) is 0 Å². The minimum absolute atomic E-state index is 0.143. The van der Waals surface area contributed by atoms with Gasteiger partial charge in [-0.2, -0.15) is 0 Å². The number of rotatable bonds is 5. The Hall–Kier alpha value is -0.650. The monoisotopic (exact) mass is 283 g/mol. The molecule has 116 valence electrons. The van der Waals surface area contributed by atoms with Crippen molar-refractivity contribution in [2.75, 3.05) is 46.4 Å². The van der Waals surface area contributed by atoms with Gasteiger partial charge < -0.3 is 20.3 Å². The zero-order valence-electron chi connectivity index (χ0n) is 12.9. The minimum atomic E-state index is 0.143. The summed E-state index contributed by atoms with van der Waals surface area (Å²) in [5, 5.41) is 6.45. The van der Waals surface area contributed by atoms with Crippen molar-refractivity contribution < 1.29 is 9.53 Å². The third-order valence-corrected chi connectivity index (χ3v) is 4.52. The zero-order valence-corrected chi connectivity index (χ0v) is 12.9. The number of piperidine rings is 1. The van der Waals surface area contributed by atoms with E-state index in [4.69, 9.17) is 4.74 Å². The van der Waals surface area contributed by atoms with Gasteiger partial charge in [-0.3, -0.25) is 4.79 Å². The molecule has 1 amide bonds. The van der Waals surface area contributed by atoms with Crippen LogP contribution < -0.4 is 10.6 Å². The number of likely N-dealkylation sites (N-methyl/N-ethyl adjacent to an activating group) is 1. The van der Waals surface area contributed by atoms with Crippen molar-refractivity contribution in [3.8, 4) is 0 Å². The molecule has 3 atom stereocenters. The number of hydrogen-bond acceptors (Lipinski definition) is 4. The molecule has 0 aromatic heterocycles. The van der Waals surface area contributed by atoms with Gasteiger partial charge in [-0.05, 0) is 44.8 Å². The maximum atomic E-state index is 12.0. The van der Waals surface area contributed by atoms with E-state index in [2.05, 4.69) is 29.5 Å². The van der Waals surface area contributed by atoms with Crippen LogP contribution in [-0.2, 0) is 9.53 Å². The number of carbonyl (C=O) groups excluding carboxylic acids is 1. The second-order valence-corrected chi connectivity index (χ2v) is 6.35. The number of ether oxygens (including phenoxy) is 1. The first-order valence-corrected chi connectivity index (χ1v) is 7.92. The first-order valence-electron chi connectivity index (χ1n) is 7.92. The van der Waals surface area contributed by atoms with Gasteiger partial charge in [0.2, 0.25) is 5.91 Å². The quantitative estimate of drug-likeness (QED) is 0.770. The van der Waals surface area contributed by atoms with Crippen LogP contribution >= 0.6 is 0 Å². The summed E-state index contributed by atoms with van der Waals surface area (Å²) in [6.07, 6.45) is 3.26. The molecule has 2 aliphatic rings. The summed E-state index contributed by atoms with van der Waals surface area (Å²) >= 11 is 0. The zero-order chi connectivity index (χ0) is 14.4. The van der Waals surface area contributed by atoms with E-state index in [1.165, 1.54) is 12.8 Å². The van der Waals surface area contributed by atoms with Crippen LogP contribution in [0.4, 0.5) is 0 Å². The summed E-state index contributed by atoms with van der Waals surface area (Å²) < 4.78 is 5.65. The van der Waals surface area contributed by atoms with Crippen molar-refractivity contribution in [3.63, 3.8) is 0 Å². The summed E-state index contributed by atoms with van der Waals surface area (Å²) in [4.78, 5) is 14.3. The van der Waals surface area contributed by atoms with Crippen molar-refractivity contribution in [1.29, 1.82) is 0 Å². The molecule has 0 spiro atoms. The van der Waals surface area contributed by atoms with Crippen LogP contribution in [0.3, 0.4) is 0 Å². The smallest absolute Gasteiger partial charge is 0.220 e. The van der Waals surface area contributed by atoms with E-state index < -0.39 is 0 Å². The molecule has 3 unspecified atom stereocenters. The van der Waals surface area contributed by atoms with Gasteiger partial charge in [0.15, 0.2) is 0 Å². The average Bonchev–Trinajstić information content (AvgIpc) is 2.46. The number of nitrogens with one attached hydrogen (secondary N) is 2. The molecule has 2 heterocycles. The van der Waals surface area contributed by atoms with Crippen molar-refractivity contribution in [1.82, 2.24) is 15.5 Å². The number of carbonyl (C=O) groups is 1. The van der Waals surface area contributed by atoms with Gasteiger partial charge in [0.1, 0.15) is 0 Å². The molecule has 2 saturated heterocycles. The molecule has 2 aliphatic heterocycles. The molecule has 2 N–H and O–H groups in total. The standard InChI is InChI=1S/C15H29N3O2/c1-12(13-4-3-5-16-9-13)8-15(19)17-10-14-11-18(2)6-7-20-14/h12-14,16H,3-11H2,1-2H3,(H,17,19). The summed E-state index contributed by atoms with van der Waals surface area (Å²) in [6.45, 7) is 7.67. The Kier molecular flexibility index (Phi) is 6.26. The average molecular weight is 283 g/mol. The lowest BCUT2D eigenvalue weighted by Crippen LogP contribution is -2.46. The van der Waals surface area contributed by atoms with E-state index in [9.17, 15) is 4.79 Å². The van der Waals surface area contributed by atoms with Gasteiger partial charge in [0.05, 0.1) is 12.7 Å². The normalized spacial score (nSPS) is 29.9. The second kappa shape index (κ2) is 7.96. The first kappa shape index (κ1) is 15.7. The van der Waals surface area contributed by atoms with Gasteiger partial charge in [-0.15, -0.1) is 0 Å². The lowest BCUT2D eigenvalue weighted by molar-refractivity contribution is -0.123. The van der Waals surface area contributed by atoms with Crippen molar-refractivity contribution >= 4 is 5.91 Å². The first-order chi connectivity index (χ1) is 9.65. The summed E-state index contributed by atoms with van der Waals surface area (Å²) in [6, 6.07) is 0. The third kappa shape index (κ3) is 5.04. The van der Waals surface area contributed by atoms with E-state index in [0.717, 1.165) is 32.8 Å². The number of amides is 1.